The van der Waals surface area contributed by atoms with Crippen molar-refractivity contribution in [3.63, 3.8) is 0 Å². The number of imidazole rings is 1. The van der Waals surface area contributed by atoms with Crippen LogP contribution in [-0.4, -0.2) is 44.7 Å². The largest absolute Gasteiger partial charge is 0.494 e. The Morgan fingerprint density at radius 3 is 2.23 bits per heavy atom. The van der Waals surface area contributed by atoms with E-state index >= 15 is 0 Å². The molecule has 1 N–H and O–H groups in total. The quantitative estimate of drug-likeness (QED) is 0.137. The van der Waals surface area contributed by atoms with Gasteiger partial charge in [-0.05, 0) is 61.4 Å². The zero-order chi connectivity index (χ0) is 33.4. The number of aromatic nitrogens is 3. The first-order chi connectivity index (χ1) is 22.5. The highest BCUT2D eigenvalue weighted by Crippen LogP contribution is 2.31. The Morgan fingerprint density at radius 1 is 0.936 bits per heavy atom. The molecule has 3 heterocycles. The van der Waals surface area contributed by atoms with Crippen LogP contribution in [0.4, 0.5) is 24.5 Å². The number of amides is 2. The first kappa shape index (κ1) is 31.6. The summed E-state index contributed by atoms with van der Waals surface area (Å²) in [4.78, 5) is 49.1. The highest BCUT2D eigenvalue weighted by atomic mass is 35.5. The number of carbonyl (C=O) groups is 2. The van der Waals surface area contributed by atoms with Gasteiger partial charge in [-0.1, -0.05) is 23.7 Å². The monoisotopic (exact) mass is 663 g/mol. The van der Waals surface area contributed by atoms with E-state index in [0.717, 1.165) is 22.4 Å². The summed E-state index contributed by atoms with van der Waals surface area (Å²) in [6.45, 7) is 1.49. The molecule has 47 heavy (non-hydrogen) atoms. The van der Waals surface area contributed by atoms with Crippen LogP contribution in [0.2, 0.25) is 5.02 Å². The van der Waals surface area contributed by atoms with Crippen LogP contribution >= 0.6 is 11.6 Å². The topological polar surface area (TPSA) is 108 Å². The Morgan fingerprint density at radius 2 is 1.62 bits per heavy atom. The van der Waals surface area contributed by atoms with Crippen LogP contribution in [0.25, 0.3) is 5.69 Å². The van der Waals surface area contributed by atoms with Crippen molar-refractivity contribution in [2.24, 2.45) is 0 Å². The third-order valence-corrected chi connectivity index (χ3v) is 7.76. The predicted molar refractivity (Wildman–Crippen MR) is 166 cm³/mol. The lowest BCUT2D eigenvalue weighted by atomic mass is 10.0. The van der Waals surface area contributed by atoms with E-state index in [4.69, 9.17) is 21.2 Å². The molecular weight excluding hydrogens is 639 g/mol. The van der Waals surface area contributed by atoms with E-state index < -0.39 is 40.9 Å². The number of ether oxygens (including phenoxy) is 1. The van der Waals surface area contributed by atoms with Crippen molar-refractivity contribution in [2.45, 2.75) is 19.4 Å². The van der Waals surface area contributed by atoms with Crippen molar-refractivity contribution in [2.75, 3.05) is 19.0 Å². The molecule has 240 valence electrons. The smallest absolute Gasteiger partial charge is 0.285 e. The van der Waals surface area contributed by atoms with Crippen LogP contribution in [0.15, 0.2) is 84.2 Å². The van der Waals surface area contributed by atoms with E-state index in [1.165, 1.54) is 31.5 Å². The standard InChI is InChI=1S/C33H25ClF3N5O5/c1-18-15-40(17-38-18)28-8-7-21(14-29(28)46-2)39-26-13-20(34)16-41(33(26)45)27(19-11-24(35)30(37)25(36)12-19)9-10-47-42-31(43)22-5-3-4-6-23(22)32(42)44/h3-8,11-17,27,39H,9-10H2,1-2H3. The van der Waals surface area contributed by atoms with Gasteiger partial charge in [0.1, 0.15) is 11.4 Å². The fraction of sp³-hybridized carbons (Fsp3) is 0.152. The number of halogens is 4. The van der Waals surface area contributed by atoms with E-state index in [0.29, 0.717) is 22.2 Å². The Kier molecular flexibility index (Phi) is 8.58. The summed E-state index contributed by atoms with van der Waals surface area (Å²) in [5, 5.41) is 3.68. The molecule has 5 aromatic rings. The molecule has 14 heteroatoms. The fourth-order valence-corrected chi connectivity index (χ4v) is 5.55. The van der Waals surface area contributed by atoms with Crippen molar-refractivity contribution in [3.05, 3.63) is 135 Å². The number of methoxy groups -OCH3 is 1. The maximum Gasteiger partial charge on any atom is 0.285 e. The van der Waals surface area contributed by atoms with E-state index in [1.54, 1.807) is 41.2 Å². The molecule has 1 aliphatic rings. The van der Waals surface area contributed by atoms with Gasteiger partial charge in [0.05, 0.1) is 53.6 Å². The van der Waals surface area contributed by atoms with Crippen LogP contribution in [-0.2, 0) is 4.84 Å². The van der Waals surface area contributed by atoms with Crippen molar-refractivity contribution in [3.8, 4) is 11.4 Å². The lowest BCUT2D eigenvalue weighted by Gasteiger charge is -2.23. The lowest BCUT2D eigenvalue weighted by Crippen LogP contribution is -2.32. The number of fused-ring (bicyclic) bond motifs is 1. The first-order valence-electron chi connectivity index (χ1n) is 14.2. The van der Waals surface area contributed by atoms with Crippen molar-refractivity contribution >= 4 is 34.8 Å². The number of aryl methyl sites for hydroxylation is 1. The average Bonchev–Trinajstić information content (AvgIpc) is 3.59. The summed E-state index contributed by atoms with van der Waals surface area (Å²) in [6, 6.07) is 13.0. The summed E-state index contributed by atoms with van der Waals surface area (Å²) in [5.41, 5.74) is 1.49. The van der Waals surface area contributed by atoms with E-state index in [9.17, 15) is 27.6 Å². The number of carbonyl (C=O) groups excluding carboxylic acids is 2. The zero-order valence-corrected chi connectivity index (χ0v) is 25.6. The van der Waals surface area contributed by atoms with Gasteiger partial charge in [-0.2, -0.15) is 0 Å². The van der Waals surface area contributed by atoms with Gasteiger partial charge in [0.2, 0.25) is 0 Å². The highest BCUT2D eigenvalue weighted by molar-refractivity contribution is 6.30. The number of nitrogens with one attached hydrogen (secondary N) is 1. The molecule has 1 unspecified atom stereocenters. The van der Waals surface area contributed by atoms with Crippen LogP contribution < -0.4 is 15.6 Å². The summed E-state index contributed by atoms with van der Waals surface area (Å²) in [5.74, 6) is -5.52. The second-order valence-corrected chi connectivity index (χ2v) is 11.0. The number of pyridine rings is 1. The van der Waals surface area contributed by atoms with Crippen LogP contribution in [0.5, 0.6) is 5.75 Å². The minimum Gasteiger partial charge on any atom is -0.494 e. The molecule has 2 aromatic heterocycles. The minimum atomic E-state index is -1.68. The predicted octanol–water partition coefficient (Wildman–Crippen LogP) is 6.37. The van der Waals surface area contributed by atoms with Crippen molar-refractivity contribution < 1.29 is 32.3 Å². The molecule has 3 aromatic carbocycles. The number of hydrogen-bond acceptors (Lipinski definition) is 7. The molecule has 2 amide bonds. The van der Waals surface area contributed by atoms with E-state index in [-0.39, 0.29) is 40.4 Å². The highest BCUT2D eigenvalue weighted by Gasteiger charge is 2.36. The molecule has 0 saturated heterocycles. The van der Waals surface area contributed by atoms with E-state index in [1.807, 2.05) is 13.1 Å². The molecule has 0 bridgehead atoms. The molecule has 0 radical (unpaired) electrons. The Labute approximate surface area is 270 Å². The fourth-order valence-electron chi connectivity index (χ4n) is 5.34. The maximum atomic E-state index is 14.4. The Hall–Kier alpha value is -5.40. The van der Waals surface area contributed by atoms with Gasteiger partial charge in [-0.3, -0.25) is 19.2 Å². The molecule has 0 spiro atoms. The number of benzene rings is 3. The molecule has 0 fully saturated rings. The van der Waals surface area contributed by atoms with E-state index in [2.05, 4.69) is 10.3 Å². The number of hydroxylamine groups is 2. The SMILES string of the molecule is COc1cc(Nc2cc(Cl)cn(C(CCON3C(=O)c4ccccc4C3=O)c3cc(F)c(F)c(F)c3)c2=O)ccc1-n1cnc(C)c1. The average molecular weight is 664 g/mol. The number of rotatable bonds is 10. The molecule has 1 atom stereocenters. The Bertz CT molecular complexity index is 2040. The molecule has 0 saturated carbocycles. The van der Waals surface area contributed by atoms with Crippen LogP contribution in [0, 0.1) is 24.4 Å². The molecule has 1 aliphatic heterocycles. The summed E-state index contributed by atoms with van der Waals surface area (Å²) in [7, 11) is 1.49. The van der Waals surface area contributed by atoms with Gasteiger partial charge in [0, 0.05) is 24.1 Å². The van der Waals surface area contributed by atoms with Crippen molar-refractivity contribution in [1.29, 1.82) is 0 Å². The minimum absolute atomic E-state index is 0.0000929. The second-order valence-electron chi connectivity index (χ2n) is 10.6. The van der Waals surface area contributed by atoms with Crippen LogP contribution in [0.1, 0.15) is 44.4 Å². The van der Waals surface area contributed by atoms with Gasteiger partial charge in [0.15, 0.2) is 17.5 Å². The second kappa shape index (κ2) is 12.8. The van der Waals surface area contributed by atoms with Crippen LogP contribution in [0.3, 0.4) is 0 Å². The van der Waals surface area contributed by atoms with Gasteiger partial charge in [0.25, 0.3) is 17.4 Å². The normalized spacial score (nSPS) is 13.2. The van der Waals surface area contributed by atoms with Gasteiger partial charge in [-0.15, -0.1) is 5.06 Å². The number of hydrogen-bond donors (Lipinski definition) is 1. The first-order valence-corrected chi connectivity index (χ1v) is 14.6. The third-order valence-electron chi connectivity index (χ3n) is 7.55. The van der Waals surface area contributed by atoms with Gasteiger partial charge >= 0.3 is 0 Å². The number of nitrogens with zero attached hydrogens (tertiary/aromatic N) is 4. The summed E-state index contributed by atoms with van der Waals surface area (Å²) in [6.07, 6.45) is 4.52. The molecule has 10 nitrogen and oxygen atoms in total. The Balaban J connectivity index is 1.32. The van der Waals surface area contributed by atoms with Gasteiger partial charge < -0.3 is 19.2 Å². The van der Waals surface area contributed by atoms with Crippen molar-refractivity contribution in [1.82, 2.24) is 19.2 Å². The summed E-state index contributed by atoms with van der Waals surface area (Å²) >= 11 is 6.43. The molecular formula is C33H25ClF3N5O5. The lowest BCUT2D eigenvalue weighted by molar-refractivity contribution is -0.0936. The third kappa shape index (κ3) is 6.10. The number of anilines is 2. The maximum absolute atomic E-state index is 14.4. The zero-order valence-electron chi connectivity index (χ0n) is 24.8. The summed E-state index contributed by atoms with van der Waals surface area (Å²) < 4.78 is 51.2. The molecule has 0 aliphatic carbocycles. The number of imide groups is 1. The van der Waals surface area contributed by atoms with Gasteiger partial charge in [-0.25, -0.2) is 18.2 Å². The molecule has 6 rings (SSSR count).